The van der Waals surface area contributed by atoms with Crippen LogP contribution in [0.1, 0.15) is 10.4 Å². The molecular formula is C14H11IO3. The van der Waals surface area contributed by atoms with E-state index < -0.39 is 5.97 Å². The third kappa shape index (κ3) is 3.01. The summed E-state index contributed by atoms with van der Waals surface area (Å²) in [6.45, 7) is 0. The van der Waals surface area contributed by atoms with Crippen molar-refractivity contribution in [2.45, 2.75) is 0 Å². The highest BCUT2D eigenvalue weighted by Gasteiger charge is 2.11. The first-order valence-electron chi connectivity index (χ1n) is 5.31. The molecule has 0 fully saturated rings. The lowest BCUT2D eigenvalue weighted by Crippen LogP contribution is -2.09. The van der Waals surface area contributed by atoms with Crippen molar-refractivity contribution >= 4 is 28.6 Å². The van der Waals surface area contributed by atoms with E-state index in [9.17, 15) is 4.79 Å². The fourth-order valence-corrected chi connectivity index (χ4v) is 2.02. The molecule has 0 heterocycles. The van der Waals surface area contributed by atoms with Gasteiger partial charge in [-0.3, -0.25) is 0 Å². The molecule has 2 aromatic carbocycles. The number of esters is 1. The second-order valence-corrected chi connectivity index (χ2v) is 4.80. The summed E-state index contributed by atoms with van der Waals surface area (Å²) in [7, 11) is 1.54. The van der Waals surface area contributed by atoms with Crippen LogP contribution in [0.3, 0.4) is 0 Å². The van der Waals surface area contributed by atoms with Crippen LogP contribution in [0.4, 0.5) is 0 Å². The Balaban J connectivity index is 2.21. The zero-order valence-corrected chi connectivity index (χ0v) is 11.9. The molecule has 2 aromatic rings. The molecule has 0 aliphatic rings. The van der Waals surface area contributed by atoms with Crippen LogP contribution in [-0.2, 0) is 0 Å². The number of benzene rings is 2. The zero-order valence-electron chi connectivity index (χ0n) is 9.72. The number of rotatable bonds is 3. The molecule has 18 heavy (non-hydrogen) atoms. The van der Waals surface area contributed by atoms with E-state index in [2.05, 4.69) is 22.6 Å². The number of hydrogen-bond donors (Lipinski definition) is 0. The Morgan fingerprint density at radius 3 is 2.44 bits per heavy atom. The first-order valence-corrected chi connectivity index (χ1v) is 6.39. The summed E-state index contributed by atoms with van der Waals surface area (Å²) >= 11 is 2.15. The van der Waals surface area contributed by atoms with Gasteiger partial charge in [-0.25, -0.2) is 4.79 Å². The van der Waals surface area contributed by atoms with E-state index in [1.54, 1.807) is 30.3 Å². The molecule has 0 bridgehead atoms. The predicted molar refractivity (Wildman–Crippen MR) is 77.1 cm³/mol. The summed E-state index contributed by atoms with van der Waals surface area (Å²) in [5.74, 6) is 0.568. The van der Waals surface area contributed by atoms with Crippen LogP contribution in [0.15, 0.2) is 48.5 Å². The van der Waals surface area contributed by atoms with Crippen molar-refractivity contribution < 1.29 is 14.3 Å². The van der Waals surface area contributed by atoms with Crippen molar-refractivity contribution in [2.75, 3.05) is 7.11 Å². The van der Waals surface area contributed by atoms with Gasteiger partial charge in [0.25, 0.3) is 0 Å². The van der Waals surface area contributed by atoms with Crippen LogP contribution in [0.25, 0.3) is 0 Å². The molecule has 0 aliphatic carbocycles. The highest BCUT2D eigenvalue weighted by atomic mass is 127. The Bertz CT molecular complexity index is 566. The fraction of sp³-hybridized carbons (Fsp3) is 0.0714. The largest absolute Gasteiger partial charge is 0.493 e. The minimum atomic E-state index is -0.391. The van der Waals surface area contributed by atoms with Gasteiger partial charge in [-0.05, 0) is 52.9 Å². The number of hydrogen-bond acceptors (Lipinski definition) is 3. The fourth-order valence-electron chi connectivity index (χ4n) is 1.48. The molecule has 0 N–H and O–H groups in total. The van der Waals surface area contributed by atoms with E-state index in [1.165, 1.54) is 7.11 Å². The van der Waals surface area contributed by atoms with E-state index in [0.717, 1.165) is 3.57 Å². The Morgan fingerprint density at radius 1 is 1.06 bits per heavy atom. The first-order chi connectivity index (χ1) is 8.70. The maximum atomic E-state index is 12.0. The lowest BCUT2D eigenvalue weighted by atomic mass is 10.2. The lowest BCUT2D eigenvalue weighted by molar-refractivity contribution is 0.0729. The summed E-state index contributed by atoms with van der Waals surface area (Å²) in [6, 6.07) is 14.3. The molecule has 0 radical (unpaired) electrons. The maximum absolute atomic E-state index is 12.0. The molecule has 92 valence electrons. The SMILES string of the molecule is COc1ccccc1OC(=O)c1cccc(I)c1. The molecule has 0 aromatic heterocycles. The van der Waals surface area contributed by atoms with Gasteiger partial charge in [0, 0.05) is 3.57 Å². The third-order valence-corrected chi connectivity index (χ3v) is 3.00. The Morgan fingerprint density at radius 2 is 1.78 bits per heavy atom. The lowest BCUT2D eigenvalue weighted by Gasteiger charge is -2.08. The molecule has 0 atom stereocenters. The van der Waals surface area contributed by atoms with Gasteiger partial charge in [0.2, 0.25) is 0 Å². The van der Waals surface area contributed by atoms with Gasteiger partial charge in [0.05, 0.1) is 12.7 Å². The van der Waals surface area contributed by atoms with Gasteiger partial charge in [-0.2, -0.15) is 0 Å². The van der Waals surface area contributed by atoms with E-state index in [0.29, 0.717) is 17.1 Å². The molecule has 0 saturated carbocycles. The van der Waals surface area contributed by atoms with E-state index >= 15 is 0 Å². The summed E-state index contributed by atoms with van der Waals surface area (Å²) in [5.41, 5.74) is 0.521. The second kappa shape index (κ2) is 5.86. The van der Waals surface area contributed by atoms with Crippen molar-refractivity contribution in [3.05, 3.63) is 57.7 Å². The Kier molecular flexibility index (Phi) is 4.19. The zero-order chi connectivity index (χ0) is 13.0. The number of carbonyl (C=O) groups is 1. The van der Waals surface area contributed by atoms with Crippen molar-refractivity contribution in [1.29, 1.82) is 0 Å². The minimum Gasteiger partial charge on any atom is -0.493 e. The topological polar surface area (TPSA) is 35.5 Å². The molecule has 2 rings (SSSR count). The van der Waals surface area contributed by atoms with Gasteiger partial charge in [0.1, 0.15) is 0 Å². The summed E-state index contributed by atoms with van der Waals surface area (Å²) < 4.78 is 11.4. The summed E-state index contributed by atoms with van der Waals surface area (Å²) in [4.78, 5) is 12.0. The van der Waals surface area contributed by atoms with Crippen molar-refractivity contribution in [3.63, 3.8) is 0 Å². The average Bonchev–Trinajstić information content (AvgIpc) is 2.39. The number of carbonyl (C=O) groups excluding carboxylic acids is 1. The van der Waals surface area contributed by atoms with E-state index in [4.69, 9.17) is 9.47 Å². The molecule has 0 aliphatic heterocycles. The Hall–Kier alpha value is -1.56. The number of halogens is 1. The highest BCUT2D eigenvalue weighted by molar-refractivity contribution is 14.1. The molecule has 0 saturated heterocycles. The third-order valence-electron chi connectivity index (χ3n) is 2.33. The van der Waals surface area contributed by atoms with Gasteiger partial charge < -0.3 is 9.47 Å². The van der Waals surface area contributed by atoms with Crippen LogP contribution >= 0.6 is 22.6 Å². The number of methoxy groups -OCH3 is 1. The van der Waals surface area contributed by atoms with Crippen LogP contribution in [0.2, 0.25) is 0 Å². The van der Waals surface area contributed by atoms with Gasteiger partial charge >= 0.3 is 5.97 Å². The maximum Gasteiger partial charge on any atom is 0.343 e. The van der Waals surface area contributed by atoms with E-state index in [-0.39, 0.29) is 0 Å². The first kappa shape index (κ1) is 12.9. The van der Waals surface area contributed by atoms with Gasteiger partial charge in [-0.15, -0.1) is 0 Å². The highest BCUT2D eigenvalue weighted by Crippen LogP contribution is 2.26. The van der Waals surface area contributed by atoms with Crippen LogP contribution in [0, 0.1) is 3.57 Å². The molecule has 0 unspecified atom stereocenters. The molecular weight excluding hydrogens is 343 g/mol. The second-order valence-electron chi connectivity index (χ2n) is 3.55. The van der Waals surface area contributed by atoms with Crippen LogP contribution in [-0.4, -0.2) is 13.1 Å². The monoisotopic (exact) mass is 354 g/mol. The molecule has 0 amide bonds. The average molecular weight is 354 g/mol. The molecule has 3 nitrogen and oxygen atoms in total. The van der Waals surface area contributed by atoms with Gasteiger partial charge in [0.15, 0.2) is 11.5 Å². The normalized spacial score (nSPS) is 9.89. The number of para-hydroxylation sites is 2. The smallest absolute Gasteiger partial charge is 0.343 e. The van der Waals surface area contributed by atoms with Crippen molar-refractivity contribution in [3.8, 4) is 11.5 Å². The van der Waals surface area contributed by atoms with Gasteiger partial charge in [-0.1, -0.05) is 18.2 Å². The van der Waals surface area contributed by atoms with E-state index in [1.807, 2.05) is 18.2 Å². The Labute approximate surface area is 119 Å². The van der Waals surface area contributed by atoms with Crippen LogP contribution in [0.5, 0.6) is 11.5 Å². The van der Waals surface area contributed by atoms with Crippen molar-refractivity contribution in [2.24, 2.45) is 0 Å². The minimum absolute atomic E-state index is 0.391. The quantitative estimate of drug-likeness (QED) is 0.481. The molecule has 0 spiro atoms. The predicted octanol–water partition coefficient (Wildman–Crippen LogP) is 3.52. The standard InChI is InChI=1S/C14H11IO3/c1-17-12-7-2-3-8-13(12)18-14(16)10-5-4-6-11(15)9-10/h2-9H,1H3. The molecule has 4 heteroatoms. The van der Waals surface area contributed by atoms with Crippen LogP contribution < -0.4 is 9.47 Å². The number of ether oxygens (including phenoxy) is 2. The summed E-state index contributed by atoms with van der Waals surface area (Å²) in [6.07, 6.45) is 0. The van der Waals surface area contributed by atoms with Crippen molar-refractivity contribution in [1.82, 2.24) is 0 Å². The summed E-state index contributed by atoms with van der Waals surface area (Å²) in [5, 5.41) is 0.